The standard InChI is InChI=1S/C8H7ClO4S.2Na/c1-4-6(8(10)11)2-5(9)3-7(4)14(12)13;;/h2-3H,1H3,(H,10,11)(H,12,13);;/q;2*+1/p-2. The van der Waals surface area contributed by atoms with E-state index in [2.05, 4.69) is 0 Å². The van der Waals surface area contributed by atoms with Gasteiger partial charge in [-0.05, 0) is 35.7 Å². The van der Waals surface area contributed by atoms with Crippen molar-refractivity contribution in [3.63, 3.8) is 0 Å². The van der Waals surface area contributed by atoms with E-state index in [0.717, 1.165) is 6.07 Å². The second-order valence-corrected chi connectivity index (χ2v) is 3.94. The van der Waals surface area contributed by atoms with Gasteiger partial charge in [-0.1, -0.05) is 11.6 Å². The van der Waals surface area contributed by atoms with Crippen molar-refractivity contribution in [2.75, 3.05) is 0 Å². The molecule has 1 atom stereocenters. The quantitative estimate of drug-likeness (QED) is 0.399. The van der Waals surface area contributed by atoms with Gasteiger partial charge in [0, 0.05) is 15.5 Å². The smallest absolute Gasteiger partial charge is 0.768 e. The third-order valence-corrected chi connectivity index (χ3v) is 2.73. The third-order valence-electron chi connectivity index (χ3n) is 1.72. The van der Waals surface area contributed by atoms with E-state index < -0.39 is 17.0 Å². The molecule has 0 bridgehead atoms. The Bertz CT molecular complexity index is 389. The largest absolute Gasteiger partial charge is 1.00 e. The number of halogens is 1. The zero-order chi connectivity index (χ0) is 10.9. The molecule has 0 saturated carbocycles. The van der Waals surface area contributed by atoms with Gasteiger partial charge in [0.1, 0.15) is 0 Å². The molecule has 0 aliphatic rings. The molecule has 1 rings (SSSR count). The van der Waals surface area contributed by atoms with Crippen molar-refractivity contribution in [2.24, 2.45) is 0 Å². The maximum Gasteiger partial charge on any atom is 1.00 e. The maximum absolute atomic E-state index is 10.7. The van der Waals surface area contributed by atoms with Crippen molar-refractivity contribution in [1.29, 1.82) is 0 Å². The molecule has 0 radical (unpaired) electrons. The van der Waals surface area contributed by atoms with Crippen LogP contribution >= 0.6 is 11.6 Å². The zero-order valence-corrected chi connectivity index (χ0v) is 14.6. The molecule has 0 saturated heterocycles. The van der Waals surface area contributed by atoms with Crippen molar-refractivity contribution in [3.8, 4) is 0 Å². The molecule has 1 aromatic rings. The molecular formula is C8H5ClNa2O4S. The van der Waals surface area contributed by atoms with E-state index in [0.29, 0.717) is 0 Å². The molecule has 1 aromatic carbocycles. The zero-order valence-electron chi connectivity index (χ0n) is 9.07. The first-order valence-electron chi connectivity index (χ1n) is 3.54. The van der Waals surface area contributed by atoms with Crippen LogP contribution < -0.4 is 64.2 Å². The number of aromatic carboxylic acids is 1. The summed E-state index contributed by atoms with van der Waals surface area (Å²) in [6.45, 7) is 1.38. The molecule has 0 spiro atoms. The minimum atomic E-state index is -2.50. The monoisotopic (exact) mass is 278 g/mol. The molecule has 0 heterocycles. The first-order valence-corrected chi connectivity index (χ1v) is 4.99. The Morgan fingerprint density at radius 3 is 2.25 bits per heavy atom. The minimum absolute atomic E-state index is 0. The van der Waals surface area contributed by atoms with Crippen LogP contribution in [0.3, 0.4) is 0 Å². The van der Waals surface area contributed by atoms with Crippen molar-refractivity contribution < 1.29 is 77.8 Å². The number of hydrogen-bond acceptors (Lipinski definition) is 4. The van der Waals surface area contributed by atoms with Gasteiger partial charge in [0.15, 0.2) is 0 Å². The summed E-state index contributed by atoms with van der Waals surface area (Å²) in [5, 5.41) is 10.6. The summed E-state index contributed by atoms with van der Waals surface area (Å²) in [6.07, 6.45) is 0. The minimum Gasteiger partial charge on any atom is -0.768 e. The number of hydrogen-bond donors (Lipinski definition) is 0. The molecule has 0 N–H and O–H groups in total. The number of benzene rings is 1. The summed E-state index contributed by atoms with van der Waals surface area (Å²) in [5.41, 5.74) is -0.0839. The Morgan fingerprint density at radius 1 is 1.38 bits per heavy atom. The van der Waals surface area contributed by atoms with E-state index in [9.17, 15) is 18.7 Å². The van der Waals surface area contributed by atoms with Crippen LogP contribution in [0, 0.1) is 6.92 Å². The first-order chi connectivity index (χ1) is 6.43. The Hall–Kier alpha value is 1.09. The second kappa shape index (κ2) is 8.24. The van der Waals surface area contributed by atoms with Crippen LogP contribution in [0.5, 0.6) is 0 Å². The normalized spacial score (nSPS) is 10.9. The molecule has 1 unspecified atom stereocenters. The van der Waals surface area contributed by atoms with Gasteiger partial charge in [0.2, 0.25) is 0 Å². The molecular weight excluding hydrogens is 274 g/mol. The van der Waals surface area contributed by atoms with Crippen LogP contribution in [0.25, 0.3) is 0 Å². The summed E-state index contributed by atoms with van der Waals surface area (Å²) in [4.78, 5) is 10.4. The Labute approximate surface area is 145 Å². The summed E-state index contributed by atoms with van der Waals surface area (Å²) >= 11 is 3.04. The van der Waals surface area contributed by atoms with Crippen molar-refractivity contribution in [1.82, 2.24) is 0 Å². The second-order valence-electron chi connectivity index (χ2n) is 2.60. The summed E-state index contributed by atoms with van der Waals surface area (Å²) in [5.74, 6) is -1.45. The van der Waals surface area contributed by atoms with Crippen LogP contribution in [0.2, 0.25) is 5.02 Å². The Balaban J connectivity index is 0. The van der Waals surface area contributed by atoms with Crippen LogP contribution in [-0.2, 0) is 11.1 Å². The van der Waals surface area contributed by atoms with E-state index in [1.807, 2.05) is 0 Å². The van der Waals surface area contributed by atoms with Crippen molar-refractivity contribution in [3.05, 3.63) is 28.3 Å². The fraction of sp³-hybridized carbons (Fsp3) is 0.125. The number of carbonyl (C=O) groups is 1. The number of carboxylic acid groups (broad SMARTS) is 1. The molecule has 0 amide bonds. The molecule has 16 heavy (non-hydrogen) atoms. The number of carboxylic acids is 1. The SMILES string of the molecule is Cc1c(C(=O)[O-])cc(Cl)cc1S(=O)[O-].[Na+].[Na+]. The number of carbonyl (C=O) groups excluding carboxylic acids is 1. The van der Waals surface area contributed by atoms with Gasteiger partial charge < -0.3 is 14.5 Å². The first kappa shape index (κ1) is 19.4. The average molecular weight is 279 g/mol. The van der Waals surface area contributed by atoms with Crippen LogP contribution in [0.1, 0.15) is 15.9 Å². The van der Waals surface area contributed by atoms with Crippen molar-refractivity contribution in [2.45, 2.75) is 11.8 Å². The van der Waals surface area contributed by atoms with Gasteiger partial charge in [-0.25, -0.2) is 0 Å². The molecule has 0 fully saturated rings. The van der Waals surface area contributed by atoms with E-state index >= 15 is 0 Å². The topological polar surface area (TPSA) is 80.3 Å². The van der Waals surface area contributed by atoms with Gasteiger partial charge in [-0.15, -0.1) is 0 Å². The third kappa shape index (κ3) is 4.76. The van der Waals surface area contributed by atoms with E-state index in [1.54, 1.807) is 0 Å². The summed E-state index contributed by atoms with van der Waals surface area (Å²) < 4.78 is 21.4. The van der Waals surface area contributed by atoms with Gasteiger partial charge in [-0.3, -0.25) is 4.21 Å². The predicted octanol–water partition coefficient (Wildman–Crippen LogP) is -5.74. The summed E-state index contributed by atoms with van der Waals surface area (Å²) in [7, 11) is 0. The average Bonchev–Trinajstić information content (AvgIpc) is 2.07. The van der Waals surface area contributed by atoms with Crippen LogP contribution in [0.4, 0.5) is 0 Å². The molecule has 4 nitrogen and oxygen atoms in total. The summed E-state index contributed by atoms with van der Waals surface area (Å²) in [6, 6.07) is 2.34. The molecule has 0 aliphatic carbocycles. The van der Waals surface area contributed by atoms with E-state index in [4.69, 9.17) is 11.6 Å². The van der Waals surface area contributed by atoms with Gasteiger partial charge >= 0.3 is 59.1 Å². The van der Waals surface area contributed by atoms with E-state index in [1.165, 1.54) is 13.0 Å². The van der Waals surface area contributed by atoms with Gasteiger partial charge in [-0.2, -0.15) is 0 Å². The maximum atomic E-state index is 10.7. The molecule has 0 aliphatic heterocycles. The number of rotatable bonds is 2. The van der Waals surface area contributed by atoms with Gasteiger partial charge in [0.25, 0.3) is 0 Å². The van der Waals surface area contributed by atoms with E-state index in [-0.39, 0.29) is 80.2 Å². The van der Waals surface area contributed by atoms with Crippen LogP contribution in [0.15, 0.2) is 17.0 Å². The Kier molecular flexibility index (Phi) is 10.0. The predicted molar refractivity (Wildman–Crippen MR) is 47.7 cm³/mol. The fourth-order valence-electron chi connectivity index (χ4n) is 1.04. The van der Waals surface area contributed by atoms with Crippen molar-refractivity contribution >= 4 is 28.7 Å². The van der Waals surface area contributed by atoms with Crippen LogP contribution in [-0.4, -0.2) is 14.7 Å². The Morgan fingerprint density at radius 2 is 1.88 bits per heavy atom. The molecule has 0 aromatic heterocycles. The van der Waals surface area contributed by atoms with Gasteiger partial charge in [0.05, 0.1) is 5.97 Å². The fourth-order valence-corrected chi connectivity index (χ4v) is 1.91. The molecule has 8 heteroatoms. The molecule has 76 valence electrons.